The summed E-state index contributed by atoms with van der Waals surface area (Å²) in [5, 5.41) is 0.375. The van der Waals surface area contributed by atoms with Crippen LogP contribution in [0.4, 0.5) is 4.39 Å². The number of nitrogens with zero attached hydrogens (tertiary/aromatic N) is 1. The molecule has 0 radical (unpaired) electrons. The second-order valence-corrected chi connectivity index (χ2v) is 6.57. The number of rotatable bonds is 6. The Hall–Kier alpha value is -1.13. The number of halogens is 2. The molecule has 5 heteroatoms. The number of carbonyl (C=O) groups is 1. The Kier molecular flexibility index (Phi) is 4.18. The molecule has 3 rings (SSSR count). The van der Waals surface area contributed by atoms with Crippen LogP contribution in [0.25, 0.3) is 0 Å². The molecule has 2 aliphatic rings. The van der Waals surface area contributed by atoms with E-state index >= 15 is 0 Å². The van der Waals surface area contributed by atoms with E-state index in [1.165, 1.54) is 6.07 Å². The molecule has 1 aromatic rings. The van der Waals surface area contributed by atoms with Crippen molar-refractivity contribution in [1.82, 2.24) is 4.90 Å². The molecular weight excluding hydrogens is 291 g/mol. The molecule has 0 bridgehead atoms. The standard InChI is InChI=1S/C16H20ClFN2O/c17-13-2-1-3-14(18)12(13)9-20(11-6-7-11)16(21)8-15(19)10-4-5-10/h1-3,10-11,15H,4-9,19H2. The summed E-state index contributed by atoms with van der Waals surface area (Å²) >= 11 is 6.07. The number of hydrogen-bond donors (Lipinski definition) is 1. The topological polar surface area (TPSA) is 46.3 Å². The Morgan fingerprint density at radius 3 is 2.67 bits per heavy atom. The van der Waals surface area contributed by atoms with Crippen molar-refractivity contribution in [1.29, 1.82) is 0 Å². The minimum atomic E-state index is -0.354. The van der Waals surface area contributed by atoms with Gasteiger partial charge in [0.25, 0.3) is 0 Å². The van der Waals surface area contributed by atoms with Crippen molar-refractivity contribution >= 4 is 17.5 Å². The van der Waals surface area contributed by atoms with Crippen LogP contribution in [0, 0.1) is 11.7 Å². The van der Waals surface area contributed by atoms with E-state index < -0.39 is 0 Å². The number of hydrogen-bond acceptors (Lipinski definition) is 2. The number of amides is 1. The Bertz CT molecular complexity index is 523. The third kappa shape index (κ3) is 3.55. The van der Waals surface area contributed by atoms with Gasteiger partial charge in [0.15, 0.2) is 0 Å². The maximum Gasteiger partial charge on any atom is 0.224 e. The molecule has 3 nitrogen and oxygen atoms in total. The summed E-state index contributed by atoms with van der Waals surface area (Å²) in [7, 11) is 0. The van der Waals surface area contributed by atoms with Crippen LogP contribution in [-0.4, -0.2) is 22.9 Å². The summed E-state index contributed by atoms with van der Waals surface area (Å²) in [5.41, 5.74) is 6.45. The molecular formula is C16H20ClFN2O. The molecule has 1 unspecified atom stereocenters. The molecule has 0 aliphatic heterocycles. The predicted octanol–water partition coefficient (Wildman–Crippen LogP) is 3.10. The molecule has 21 heavy (non-hydrogen) atoms. The van der Waals surface area contributed by atoms with Gasteiger partial charge in [-0.1, -0.05) is 17.7 Å². The third-order valence-electron chi connectivity index (χ3n) is 4.34. The number of benzene rings is 1. The van der Waals surface area contributed by atoms with Gasteiger partial charge in [0, 0.05) is 29.1 Å². The van der Waals surface area contributed by atoms with E-state index in [-0.39, 0.29) is 30.4 Å². The fraction of sp³-hybridized carbons (Fsp3) is 0.562. The highest BCUT2D eigenvalue weighted by atomic mass is 35.5. The van der Waals surface area contributed by atoms with Crippen LogP contribution in [0.3, 0.4) is 0 Å². The third-order valence-corrected chi connectivity index (χ3v) is 4.69. The highest BCUT2D eigenvalue weighted by molar-refractivity contribution is 6.31. The fourth-order valence-corrected chi connectivity index (χ4v) is 2.89. The molecule has 1 atom stereocenters. The van der Waals surface area contributed by atoms with E-state index in [9.17, 15) is 9.18 Å². The molecule has 2 N–H and O–H groups in total. The highest BCUT2D eigenvalue weighted by Gasteiger charge is 2.36. The quantitative estimate of drug-likeness (QED) is 0.877. The highest BCUT2D eigenvalue weighted by Crippen LogP contribution is 2.35. The monoisotopic (exact) mass is 310 g/mol. The molecule has 0 aromatic heterocycles. The van der Waals surface area contributed by atoms with Crippen LogP contribution in [0.15, 0.2) is 18.2 Å². The molecule has 1 amide bonds. The molecule has 2 fully saturated rings. The van der Waals surface area contributed by atoms with Gasteiger partial charge in [-0.25, -0.2) is 4.39 Å². The summed E-state index contributed by atoms with van der Waals surface area (Å²) in [6, 6.07) is 4.78. The van der Waals surface area contributed by atoms with Crippen LogP contribution in [0.5, 0.6) is 0 Å². The van der Waals surface area contributed by atoms with Gasteiger partial charge < -0.3 is 10.6 Å². The van der Waals surface area contributed by atoms with E-state index in [1.807, 2.05) is 0 Å². The smallest absolute Gasteiger partial charge is 0.224 e. The van der Waals surface area contributed by atoms with Gasteiger partial charge in [-0.2, -0.15) is 0 Å². The van der Waals surface area contributed by atoms with Crippen LogP contribution in [-0.2, 0) is 11.3 Å². The normalized spacial score (nSPS) is 19.4. The first kappa shape index (κ1) is 14.8. The van der Waals surface area contributed by atoms with Gasteiger partial charge in [-0.15, -0.1) is 0 Å². The van der Waals surface area contributed by atoms with Crippen LogP contribution in [0.1, 0.15) is 37.7 Å². The summed E-state index contributed by atoms with van der Waals surface area (Å²) in [5.74, 6) is 0.163. The van der Waals surface area contributed by atoms with E-state index in [1.54, 1.807) is 17.0 Å². The minimum Gasteiger partial charge on any atom is -0.335 e. The van der Waals surface area contributed by atoms with Crippen LogP contribution < -0.4 is 5.73 Å². The van der Waals surface area contributed by atoms with Gasteiger partial charge >= 0.3 is 0 Å². The molecule has 2 aliphatic carbocycles. The minimum absolute atomic E-state index is 0.0243. The van der Waals surface area contributed by atoms with E-state index in [0.29, 0.717) is 22.9 Å². The molecule has 0 spiro atoms. The zero-order valence-corrected chi connectivity index (χ0v) is 12.7. The van der Waals surface area contributed by atoms with Crippen molar-refractivity contribution < 1.29 is 9.18 Å². The Labute approximate surface area is 129 Å². The van der Waals surface area contributed by atoms with E-state index in [0.717, 1.165) is 25.7 Å². The van der Waals surface area contributed by atoms with Gasteiger partial charge in [-0.3, -0.25) is 4.79 Å². The van der Waals surface area contributed by atoms with Crippen molar-refractivity contribution in [3.63, 3.8) is 0 Å². The lowest BCUT2D eigenvalue weighted by Gasteiger charge is -2.25. The fourth-order valence-electron chi connectivity index (χ4n) is 2.67. The van der Waals surface area contributed by atoms with Crippen molar-refractivity contribution in [2.75, 3.05) is 0 Å². The van der Waals surface area contributed by atoms with E-state index in [2.05, 4.69) is 0 Å². The second-order valence-electron chi connectivity index (χ2n) is 6.16. The molecule has 2 saturated carbocycles. The second kappa shape index (κ2) is 5.93. The zero-order chi connectivity index (χ0) is 15.0. The first-order chi connectivity index (χ1) is 10.1. The summed E-state index contributed by atoms with van der Waals surface area (Å²) in [4.78, 5) is 14.2. The molecule has 0 saturated heterocycles. The average Bonchev–Trinajstić information content (AvgIpc) is 3.28. The van der Waals surface area contributed by atoms with Gasteiger partial charge in [0.2, 0.25) is 5.91 Å². The maximum absolute atomic E-state index is 13.9. The molecule has 114 valence electrons. The SMILES string of the molecule is NC(CC(=O)N(Cc1c(F)cccc1Cl)C1CC1)C1CC1. The lowest BCUT2D eigenvalue weighted by Crippen LogP contribution is -2.38. The van der Waals surface area contributed by atoms with Gasteiger partial charge in [0.05, 0.1) is 6.54 Å². The number of nitrogens with two attached hydrogens (primary N) is 1. The maximum atomic E-state index is 13.9. The van der Waals surface area contributed by atoms with Crippen molar-refractivity contribution in [3.8, 4) is 0 Å². The summed E-state index contributed by atoms with van der Waals surface area (Å²) in [6.45, 7) is 0.242. The lowest BCUT2D eigenvalue weighted by molar-refractivity contribution is -0.132. The summed E-state index contributed by atoms with van der Waals surface area (Å²) in [6.07, 6.45) is 4.56. The van der Waals surface area contributed by atoms with Crippen molar-refractivity contribution in [3.05, 3.63) is 34.6 Å². The first-order valence-corrected chi connectivity index (χ1v) is 7.92. The van der Waals surface area contributed by atoms with Gasteiger partial charge in [-0.05, 0) is 43.7 Å². The lowest BCUT2D eigenvalue weighted by atomic mass is 10.1. The molecule has 1 aromatic carbocycles. The zero-order valence-electron chi connectivity index (χ0n) is 11.9. The Morgan fingerprint density at radius 2 is 2.10 bits per heavy atom. The van der Waals surface area contributed by atoms with Crippen molar-refractivity contribution in [2.45, 2.75) is 50.7 Å². The largest absolute Gasteiger partial charge is 0.335 e. The Balaban J connectivity index is 1.71. The molecule has 0 heterocycles. The average molecular weight is 311 g/mol. The number of carbonyl (C=O) groups excluding carboxylic acids is 1. The first-order valence-electron chi connectivity index (χ1n) is 7.54. The Morgan fingerprint density at radius 1 is 1.38 bits per heavy atom. The van der Waals surface area contributed by atoms with Crippen LogP contribution in [0.2, 0.25) is 5.02 Å². The van der Waals surface area contributed by atoms with Crippen LogP contribution >= 0.6 is 11.6 Å². The summed E-state index contributed by atoms with van der Waals surface area (Å²) < 4.78 is 13.9. The van der Waals surface area contributed by atoms with E-state index in [4.69, 9.17) is 17.3 Å². The van der Waals surface area contributed by atoms with Crippen molar-refractivity contribution in [2.24, 2.45) is 11.7 Å². The predicted molar refractivity (Wildman–Crippen MR) is 80.3 cm³/mol. The van der Waals surface area contributed by atoms with Gasteiger partial charge in [0.1, 0.15) is 5.82 Å².